The molecule has 268 valence electrons. The van der Waals surface area contributed by atoms with Crippen molar-refractivity contribution in [3.8, 4) is 0 Å². The van der Waals surface area contributed by atoms with Crippen molar-refractivity contribution >= 4 is 15.6 Å². The first-order chi connectivity index (χ1) is 23.9. The lowest BCUT2D eigenvalue weighted by atomic mass is 9.66. The molecule has 5 rings (SSSR count). The Kier molecular flexibility index (Phi) is 12.6. The Morgan fingerprint density at radius 3 is 1.78 bits per heavy atom. The van der Waals surface area contributed by atoms with Crippen LogP contribution in [0, 0.1) is 0 Å². The zero-order valence-electron chi connectivity index (χ0n) is 27.0. The second-order valence-corrected chi connectivity index (χ2v) is 14.9. The van der Waals surface area contributed by atoms with Crippen molar-refractivity contribution in [3.63, 3.8) is 0 Å². The van der Waals surface area contributed by atoms with Gasteiger partial charge in [0.05, 0.1) is 13.2 Å². The van der Waals surface area contributed by atoms with Crippen LogP contribution in [0.25, 0.3) is 0 Å². The number of ether oxygens (including phenoxy) is 1. The predicted molar refractivity (Wildman–Crippen MR) is 182 cm³/mol. The van der Waals surface area contributed by atoms with Crippen molar-refractivity contribution in [1.82, 2.24) is 9.55 Å². The van der Waals surface area contributed by atoms with Crippen LogP contribution < -0.4 is 11.2 Å². The Hall–Kier alpha value is -3.52. The molecule has 50 heavy (non-hydrogen) atoms. The number of unbranched alkanes of at least 4 members (excludes halogenated alkanes) is 3. The second-order valence-electron chi connectivity index (χ2n) is 11.9. The van der Waals surface area contributed by atoms with Gasteiger partial charge in [-0.15, -0.1) is 0 Å². The standard InChI is InChI=1S/C34H40N2O12P2/c37-29-20-22-36(33(40)35-29)32-31(39)30(38)28(47-32)24-46-50(43,44)48-49(41,42)45-23-13-2-1-12-21-34(25-14-6-3-7-15-25,26-16-8-4-9-17-26)27-18-10-5-11-19-27/h3-11,14-20,22,28,30-32,38-39H,1-2,12-13,21,23-24H2,(H,41,42)(H,43,44)(H,35,37,40)/t28-,30-,31-,32-/m1/s1. The highest BCUT2D eigenvalue weighted by Gasteiger charge is 2.46. The number of benzene rings is 3. The van der Waals surface area contributed by atoms with E-state index >= 15 is 0 Å². The molecule has 2 unspecified atom stereocenters. The van der Waals surface area contributed by atoms with E-state index in [9.17, 15) is 38.7 Å². The minimum atomic E-state index is -5.22. The lowest BCUT2D eigenvalue weighted by Gasteiger charge is -2.36. The van der Waals surface area contributed by atoms with Gasteiger partial charge in [-0.25, -0.2) is 13.9 Å². The molecular weight excluding hydrogens is 690 g/mol. The van der Waals surface area contributed by atoms with Crippen molar-refractivity contribution in [2.24, 2.45) is 0 Å². The summed E-state index contributed by atoms with van der Waals surface area (Å²) in [5.41, 5.74) is 1.50. The summed E-state index contributed by atoms with van der Waals surface area (Å²) in [6.07, 6.45) is -1.81. The van der Waals surface area contributed by atoms with Gasteiger partial charge in [-0.1, -0.05) is 110 Å². The van der Waals surface area contributed by atoms with E-state index in [2.05, 4.69) is 40.7 Å². The number of aliphatic hydroxyl groups is 2. The Morgan fingerprint density at radius 2 is 1.24 bits per heavy atom. The van der Waals surface area contributed by atoms with Gasteiger partial charge in [-0.05, 0) is 29.5 Å². The van der Waals surface area contributed by atoms with E-state index < -0.39 is 63.5 Å². The Labute approximate surface area is 288 Å². The molecule has 4 aromatic rings. The maximum atomic E-state index is 12.4. The van der Waals surface area contributed by atoms with Gasteiger partial charge in [-0.2, -0.15) is 4.31 Å². The van der Waals surface area contributed by atoms with Gasteiger partial charge < -0.3 is 24.7 Å². The number of aromatic nitrogens is 2. The molecule has 1 aliphatic rings. The van der Waals surface area contributed by atoms with Crippen LogP contribution in [-0.4, -0.2) is 61.1 Å². The van der Waals surface area contributed by atoms with E-state index in [1.807, 2.05) is 59.6 Å². The van der Waals surface area contributed by atoms with Crippen molar-refractivity contribution in [1.29, 1.82) is 0 Å². The van der Waals surface area contributed by atoms with E-state index in [0.717, 1.165) is 36.1 Å². The van der Waals surface area contributed by atoms with E-state index in [1.54, 1.807) is 0 Å². The Bertz CT molecular complexity index is 1790. The lowest BCUT2D eigenvalue weighted by molar-refractivity contribution is -0.0543. The number of aromatic amines is 1. The highest BCUT2D eigenvalue weighted by molar-refractivity contribution is 7.61. The average Bonchev–Trinajstić information content (AvgIpc) is 3.38. The Morgan fingerprint density at radius 1 is 0.720 bits per heavy atom. The highest BCUT2D eigenvalue weighted by Crippen LogP contribution is 2.60. The van der Waals surface area contributed by atoms with Crippen molar-refractivity contribution in [3.05, 3.63) is 141 Å². The molecule has 1 aliphatic heterocycles. The first-order valence-electron chi connectivity index (χ1n) is 16.1. The zero-order chi connectivity index (χ0) is 35.8. The van der Waals surface area contributed by atoms with E-state index in [4.69, 9.17) is 13.8 Å². The van der Waals surface area contributed by atoms with Gasteiger partial charge >= 0.3 is 21.3 Å². The van der Waals surface area contributed by atoms with Crippen LogP contribution in [0.15, 0.2) is 113 Å². The number of phosphoric ester groups is 2. The minimum absolute atomic E-state index is 0.235. The van der Waals surface area contributed by atoms with Crippen LogP contribution in [0.1, 0.15) is 55.0 Å². The summed E-state index contributed by atoms with van der Waals surface area (Å²) in [6.45, 7) is -1.10. The molecule has 0 amide bonds. The zero-order valence-corrected chi connectivity index (χ0v) is 28.8. The third-order valence-corrected chi connectivity index (χ3v) is 11.2. The largest absolute Gasteiger partial charge is 0.481 e. The van der Waals surface area contributed by atoms with Crippen LogP contribution in [-0.2, 0) is 32.6 Å². The molecule has 6 atom stereocenters. The molecule has 0 bridgehead atoms. The topological polar surface area (TPSA) is 207 Å². The number of nitrogens with zero attached hydrogens (tertiary/aromatic N) is 1. The summed E-state index contributed by atoms with van der Waals surface area (Å²) in [6, 6.07) is 32.0. The summed E-state index contributed by atoms with van der Waals surface area (Å²) in [5.74, 6) is 0. The van der Waals surface area contributed by atoms with Gasteiger partial charge in [0, 0.05) is 17.7 Å². The summed E-state index contributed by atoms with van der Waals surface area (Å²) in [5, 5.41) is 20.6. The third-order valence-electron chi connectivity index (χ3n) is 8.57. The van der Waals surface area contributed by atoms with Crippen LogP contribution in [0.4, 0.5) is 0 Å². The summed E-state index contributed by atoms with van der Waals surface area (Å²) >= 11 is 0. The number of rotatable bonds is 17. The van der Waals surface area contributed by atoms with Crippen molar-refractivity contribution < 1.29 is 47.2 Å². The maximum Gasteiger partial charge on any atom is 0.481 e. The van der Waals surface area contributed by atoms with Crippen molar-refractivity contribution in [2.45, 2.75) is 62.1 Å². The SMILES string of the molecule is O=c1ccn([C@@H]2O[C@H](COP(=O)(O)OP(=O)(O)OCCCCCCC(c3ccccc3)(c3ccccc3)c3ccccc3)[C@@H](O)[C@H]2O)c(=O)[nH]1. The molecule has 5 N–H and O–H groups in total. The molecule has 2 heterocycles. The Balaban J connectivity index is 1.10. The van der Waals surface area contributed by atoms with Gasteiger partial charge in [0.2, 0.25) is 0 Å². The molecule has 1 fully saturated rings. The van der Waals surface area contributed by atoms with Gasteiger partial charge in [0.15, 0.2) is 6.23 Å². The van der Waals surface area contributed by atoms with Crippen LogP contribution in [0.3, 0.4) is 0 Å². The first-order valence-corrected chi connectivity index (χ1v) is 19.1. The normalized spacial score (nSPS) is 21.8. The fourth-order valence-electron chi connectivity index (χ4n) is 6.20. The highest BCUT2D eigenvalue weighted by atomic mass is 31.3. The first kappa shape index (κ1) is 37.7. The molecule has 0 aliphatic carbocycles. The fraction of sp³-hybridized carbons (Fsp3) is 0.353. The number of nitrogens with one attached hydrogen (secondary N) is 1. The molecule has 1 aromatic heterocycles. The number of aliphatic hydroxyl groups excluding tert-OH is 2. The van der Waals surface area contributed by atoms with E-state index in [-0.39, 0.29) is 6.61 Å². The lowest BCUT2D eigenvalue weighted by Crippen LogP contribution is -2.37. The van der Waals surface area contributed by atoms with Crippen LogP contribution >= 0.6 is 15.6 Å². The average molecular weight is 731 g/mol. The number of H-pyrrole nitrogens is 1. The van der Waals surface area contributed by atoms with Gasteiger partial charge in [0.25, 0.3) is 5.56 Å². The third kappa shape index (κ3) is 9.22. The van der Waals surface area contributed by atoms with Crippen molar-refractivity contribution in [2.75, 3.05) is 13.2 Å². The molecule has 0 spiro atoms. The molecule has 3 aromatic carbocycles. The van der Waals surface area contributed by atoms with E-state index in [1.165, 1.54) is 16.7 Å². The number of hydrogen-bond donors (Lipinski definition) is 5. The van der Waals surface area contributed by atoms with Gasteiger partial charge in [-0.3, -0.25) is 23.4 Å². The summed E-state index contributed by atoms with van der Waals surface area (Å²) in [4.78, 5) is 45.5. The van der Waals surface area contributed by atoms with E-state index in [0.29, 0.717) is 12.8 Å². The molecule has 0 radical (unpaired) electrons. The number of hydrogen-bond acceptors (Lipinski definition) is 10. The van der Waals surface area contributed by atoms with Crippen LogP contribution in [0.2, 0.25) is 0 Å². The smallest absolute Gasteiger partial charge is 0.387 e. The molecule has 14 nitrogen and oxygen atoms in total. The summed E-state index contributed by atoms with van der Waals surface area (Å²) < 4.78 is 45.1. The summed E-state index contributed by atoms with van der Waals surface area (Å²) in [7, 11) is -10.3. The predicted octanol–water partition coefficient (Wildman–Crippen LogP) is 4.39. The quantitative estimate of drug-likeness (QED) is 0.0583. The van der Waals surface area contributed by atoms with Gasteiger partial charge in [0.1, 0.15) is 18.3 Å². The minimum Gasteiger partial charge on any atom is -0.387 e. The van der Waals surface area contributed by atoms with Crippen LogP contribution in [0.5, 0.6) is 0 Å². The molecule has 1 saturated heterocycles. The molecular formula is C34H40N2O12P2. The second kappa shape index (κ2) is 16.7. The monoisotopic (exact) mass is 730 g/mol. The molecule has 0 saturated carbocycles. The maximum absolute atomic E-state index is 12.4. The fourth-order valence-corrected chi connectivity index (χ4v) is 8.31. The number of phosphoric acid groups is 2. The molecule has 16 heteroatoms.